The first-order valence-corrected chi connectivity index (χ1v) is 11.3. The van der Waals surface area contributed by atoms with Crippen molar-refractivity contribution in [3.8, 4) is 0 Å². The van der Waals surface area contributed by atoms with Crippen molar-refractivity contribution in [2.24, 2.45) is 0 Å². The van der Waals surface area contributed by atoms with Gasteiger partial charge in [0.25, 0.3) is 5.91 Å². The lowest BCUT2D eigenvalue weighted by Gasteiger charge is -2.34. The fourth-order valence-electron chi connectivity index (χ4n) is 4.28. The van der Waals surface area contributed by atoms with Gasteiger partial charge in [0.1, 0.15) is 0 Å². The molecule has 32 heavy (non-hydrogen) atoms. The van der Waals surface area contributed by atoms with Gasteiger partial charge < -0.3 is 9.47 Å². The molecule has 0 aliphatic carbocycles. The largest absolute Gasteiger partial charge is 0.333 e. The summed E-state index contributed by atoms with van der Waals surface area (Å²) >= 11 is 6.32. The molecule has 0 radical (unpaired) electrons. The third-order valence-electron chi connectivity index (χ3n) is 6.04. The minimum Gasteiger partial charge on any atom is -0.333 e. The van der Waals surface area contributed by atoms with Gasteiger partial charge in [-0.25, -0.2) is 4.98 Å². The average Bonchev–Trinajstić information content (AvgIpc) is 3.20. The molecule has 0 atom stereocenters. The summed E-state index contributed by atoms with van der Waals surface area (Å²) in [6.07, 6.45) is 0. The lowest BCUT2D eigenvalue weighted by atomic mass is 10.2. The summed E-state index contributed by atoms with van der Waals surface area (Å²) < 4.78 is 2.04. The fraction of sp³-hybridized carbons (Fsp3) is 0.231. The highest BCUT2D eigenvalue weighted by Gasteiger charge is 2.27. The van der Waals surface area contributed by atoms with E-state index in [1.165, 1.54) is 0 Å². The van der Waals surface area contributed by atoms with Crippen LogP contribution >= 0.6 is 11.6 Å². The highest BCUT2D eigenvalue weighted by atomic mass is 35.5. The zero-order valence-corrected chi connectivity index (χ0v) is 18.6. The molecule has 5 nitrogen and oxygen atoms in total. The van der Waals surface area contributed by atoms with E-state index in [1.54, 1.807) is 0 Å². The van der Waals surface area contributed by atoms with Gasteiger partial charge in [-0.15, -0.1) is 0 Å². The summed E-state index contributed by atoms with van der Waals surface area (Å²) in [7, 11) is 0. The zero-order valence-electron chi connectivity index (χ0n) is 17.8. The number of amides is 1. The van der Waals surface area contributed by atoms with E-state index in [1.807, 2.05) is 70.1 Å². The first kappa shape index (κ1) is 20.7. The first-order chi connectivity index (χ1) is 15.7. The number of hydrogen-bond donors (Lipinski definition) is 0. The number of imidazole rings is 1. The number of carbonyl (C=O) groups is 1. The second-order valence-corrected chi connectivity index (χ2v) is 8.56. The van der Waals surface area contributed by atoms with E-state index in [0.717, 1.165) is 46.8 Å². The molecule has 4 aromatic rings. The maximum atomic E-state index is 13.5. The Hall–Kier alpha value is -3.15. The molecule has 0 N–H and O–H groups in total. The van der Waals surface area contributed by atoms with E-state index in [2.05, 4.69) is 23.1 Å². The molecule has 1 aromatic heterocycles. The summed E-state index contributed by atoms with van der Waals surface area (Å²) in [6.45, 7) is 4.41. The number of para-hydroxylation sites is 2. The minimum absolute atomic E-state index is 0.00507. The molecular weight excluding hydrogens is 420 g/mol. The second kappa shape index (κ2) is 9.15. The Morgan fingerprint density at radius 3 is 2.28 bits per heavy atom. The van der Waals surface area contributed by atoms with E-state index in [4.69, 9.17) is 16.6 Å². The number of hydrogen-bond acceptors (Lipinski definition) is 3. The number of rotatable bonds is 5. The van der Waals surface area contributed by atoms with Crippen molar-refractivity contribution >= 4 is 28.5 Å². The van der Waals surface area contributed by atoms with Crippen molar-refractivity contribution in [3.05, 3.63) is 101 Å². The van der Waals surface area contributed by atoms with E-state index in [-0.39, 0.29) is 5.91 Å². The molecular formula is C26H25ClN4O. The van der Waals surface area contributed by atoms with Crippen LogP contribution in [0.4, 0.5) is 0 Å². The number of halogens is 1. The number of aromatic nitrogens is 2. The Morgan fingerprint density at radius 1 is 0.812 bits per heavy atom. The summed E-state index contributed by atoms with van der Waals surface area (Å²) in [6, 6.07) is 26.1. The molecule has 162 valence electrons. The van der Waals surface area contributed by atoms with Crippen LogP contribution in [0.15, 0.2) is 78.9 Å². The van der Waals surface area contributed by atoms with Gasteiger partial charge in [0.15, 0.2) is 0 Å². The van der Waals surface area contributed by atoms with Crippen LogP contribution in [0.5, 0.6) is 0 Å². The van der Waals surface area contributed by atoms with Gasteiger partial charge in [0.2, 0.25) is 5.82 Å². The fourth-order valence-corrected chi connectivity index (χ4v) is 4.48. The monoisotopic (exact) mass is 444 g/mol. The standard InChI is InChI=1S/C26H25ClN4O/c27-22-11-5-4-10-21(22)19-29-14-16-30(17-15-29)26(32)25-28-23-12-6-7-13-24(23)31(25)18-20-8-2-1-3-9-20/h1-13H,14-19H2. The van der Waals surface area contributed by atoms with Crippen molar-refractivity contribution < 1.29 is 4.79 Å². The van der Waals surface area contributed by atoms with Gasteiger partial charge in [-0.05, 0) is 29.3 Å². The highest BCUT2D eigenvalue weighted by molar-refractivity contribution is 6.31. The zero-order chi connectivity index (χ0) is 21.9. The number of nitrogens with zero attached hydrogens (tertiary/aromatic N) is 4. The Kier molecular flexibility index (Phi) is 5.93. The van der Waals surface area contributed by atoms with Crippen molar-refractivity contribution in [3.63, 3.8) is 0 Å². The number of fused-ring (bicyclic) bond motifs is 1. The topological polar surface area (TPSA) is 41.4 Å². The molecule has 1 aliphatic rings. The Morgan fingerprint density at radius 2 is 1.50 bits per heavy atom. The van der Waals surface area contributed by atoms with Crippen LogP contribution in [-0.4, -0.2) is 51.4 Å². The van der Waals surface area contributed by atoms with Crippen LogP contribution < -0.4 is 0 Å². The molecule has 0 unspecified atom stereocenters. The third kappa shape index (κ3) is 4.27. The summed E-state index contributed by atoms with van der Waals surface area (Å²) in [5.74, 6) is 0.504. The molecule has 1 fully saturated rings. The number of benzene rings is 3. The lowest BCUT2D eigenvalue weighted by Crippen LogP contribution is -2.48. The second-order valence-electron chi connectivity index (χ2n) is 8.16. The Bertz CT molecular complexity index is 1230. The van der Waals surface area contributed by atoms with Crippen LogP contribution in [0.25, 0.3) is 11.0 Å². The molecule has 3 aromatic carbocycles. The molecule has 1 saturated heterocycles. The number of piperazine rings is 1. The van der Waals surface area contributed by atoms with Crippen molar-refractivity contribution in [2.75, 3.05) is 26.2 Å². The quantitative estimate of drug-likeness (QED) is 0.448. The Balaban J connectivity index is 1.34. The van der Waals surface area contributed by atoms with Gasteiger partial charge >= 0.3 is 0 Å². The van der Waals surface area contributed by atoms with E-state index >= 15 is 0 Å². The van der Waals surface area contributed by atoms with Crippen molar-refractivity contribution in [1.29, 1.82) is 0 Å². The molecule has 1 amide bonds. The van der Waals surface area contributed by atoms with Gasteiger partial charge in [-0.3, -0.25) is 9.69 Å². The third-order valence-corrected chi connectivity index (χ3v) is 6.41. The van der Waals surface area contributed by atoms with Gasteiger partial charge in [-0.1, -0.05) is 72.3 Å². The predicted molar refractivity (Wildman–Crippen MR) is 128 cm³/mol. The predicted octanol–water partition coefficient (Wildman–Crippen LogP) is 4.70. The molecule has 0 bridgehead atoms. The van der Waals surface area contributed by atoms with E-state index in [9.17, 15) is 4.79 Å². The molecule has 2 heterocycles. The Labute approximate surface area is 192 Å². The SMILES string of the molecule is O=C(c1nc2ccccc2n1Cc1ccccc1)N1CCN(Cc2ccccc2Cl)CC1. The van der Waals surface area contributed by atoms with Gasteiger partial charge in [0.05, 0.1) is 11.0 Å². The molecule has 0 saturated carbocycles. The van der Waals surface area contributed by atoms with Crippen molar-refractivity contribution in [1.82, 2.24) is 19.4 Å². The number of carbonyl (C=O) groups excluding carboxylic acids is 1. The summed E-state index contributed by atoms with van der Waals surface area (Å²) in [5.41, 5.74) is 4.11. The van der Waals surface area contributed by atoms with E-state index < -0.39 is 0 Å². The van der Waals surface area contributed by atoms with E-state index in [0.29, 0.717) is 25.5 Å². The average molecular weight is 445 g/mol. The van der Waals surface area contributed by atoms with Crippen LogP contribution in [0.3, 0.4) is 0 Å². The van der Waals surface area contributed by atoms with Gasteiger partial charge in [0, 0.05) is 44.3 Å². The van der Waals surface area contributed by atoms with Gasteiger partial charge in [-0.2, -0.15) is 0 Å². The first-order valence-electron chi connectivity index (χ1n) is 10.9. The maximum absolute atomic E-state index is 13.5. The smallest absolute Gasteiger partial charge is 0.289 e. The summed E-state index contributed by atoms with van der Waals surface area (Å²) in [4.78, 5) is 22.5. The molecule has 5 rings (SSSR count). The molecule has 1 aliphatic heterocycles. The molecule has 0 spiro atoms. The highest BCUT2D eigenvalue weighted by Crippen LogP contribution is 2.21. The maximum Gasteiger partial charge on any atom is 0.289 e. The van der Waals surface area contributed by atoms with Crippen molar-refractivity contribution in [2.45, 2.75) is 13.1 Å². The van der Waals surface area contributed by atoms with Crippen LogP contribution in [0, 0.1) is 0 Å². The van der Waals surface area contributed by atoms with Crippen LogP contribution in [-0.2, 0) is 13.1 Å². The normalized spacial score (nSPS) is 14.7. The van der Waals surface area contributed by atoms with Crippen LogP contribution in [0.2, 0.25) is 5.02 Å². The van der Waals surface area contributed by atoms with Crippen LogP contribution in [0.1, 0.15) is 21.7 Å². The molecule has 6 heteroatoms. The summed E-state index contributed by atoms with van der Waals surface area (Å²) in [5, 5.41) is 0.792. The lowest BCUT2D eigenvalue weighted by molar-refractivity contribution is 0.0613. The minimum atomic E-state index is -0.00507.